The molecule has 0 saturated carbocycles. The first-order valence-corrected chi connectivity index (χ1v) is 9.01. The highest BCUT2D eigenvalue weighted by Crippen LogP contribution is 2.33. The zero-order chi connectivity index (χ0) is 21.0. The molecule has 3 aromatic rings. The topological polar surface area (TPSA) is 44.8 Å². The van der Waals surface area contributed by atoms with Crippen LogP contribution in [-0.2, 0) is 11.3 Å². The van der Waals surface area contributed by atoms with Crippen LogP contribution < -0.4 is 9.47 Å². The highest BCUT2D eigenvalue weighted by atomic mass is 35.5. The lowest BCUT2D eigenvalue weighted by Crippen LogP contribution is -2.17. The van der Waals surface area contributed by atoms with E-state index in [1.165, 1.54) is 24.3 Å². The van der Waals surface area contributed by atoms with E-state index in [2.05, 4.69) is 4.74 Å². The molecule has 29 heavy (non-hydrogen) atoms. The molecule has 0 fully saturated rings. The Morgan fingerprint density at radius 1 is 1.03 bits per heavy atom. The smallest absolute Gasteiger partial charge is 0.487 e. The van der Waals surface area contributed by atoms with Gasteiger partial charge < -0.3 is 14.2 Å². The van der Waals surface area contributed by atoms with Crippen LogP contribution in [0.25, 0.3) is 10.8 Å². The number of alkyl halides is 3. The number of ether oxygens (including phenoxy) is 3. The Balaban J connectivity index is 1.89. The van der Waals surface area contributed by atoms with Gasteiger partial charge in [-0.3, -0.25) is 0 Å². The molecular weight excluding hydrogens is 409 g/mol. The Bertz CT molecular complexity index is 1020. The summed E-state index contributed by atoms with van der Waals surface area (Å²) in [7, 11) is 0. The summed E-state index contributed by atoms with van der Waals surface area (Å²) in [5, 5.41) is 1.91. The summed E-state index contributed by atoms with van der Waals surface area (Å²) >= 11 is 6.09. The van der Waals surface area contributed by atoms with Crippen LogP contribution in [0.5, 0.6) is 11.5 Å². The number of rotatable bonds is 6. The van der Waals surface area contributed by atoms with Gasteiger partial charge in [0.25, 0.3) is 0 Å². The van der Waals surface area contributed by atoms with Crippen LogP contribution in [0.2, 0.25) is 5.02 Å². The monoisotopic (exact) mass is 424 g/mol. The molecule has 0 saturated heterocycles. The summed E-state index contributed by atoms with van der Waals surface area (Å²) in [5.74, 6) is -0.581. The van der Waals surface area contributed by atoms with Crippen molar-refractivity contribution in [1.29, 1.82) is 0 Å². The van der Waals surface area contributed by atoms with E-state index in [9.17, 15) is 18.0 Å². The molecule has 152 valence electrons. The van der Waals surface area contributed by atoms with Crippen molar-refractivity contribution < 1.29 is 32.2 Å². The fraction of sp³-hybridized carbons (Fsp3) is 0.190. The zero-order valence-electron chi connectivity index (χ0n) is 15.3. The average Bonchev–Trinajstić information content (AvgIpc) is 2.66. The molecule has 0 amide bonds. The van der Waals surface area contributed by atoms with Crippen LogP contribution in [0, 0.1) is 0 Å². The molecule has 0 aliphatic heterocycles. The molecule has 8 heteroatoms. The van der Waals surface area contributed by atoms with E-state index in [0.717, 1.165) is 5.39 Å². The van der Waals surface area contributed by atoms with Crippen LogP contribution in [0.4, 0.5) is 13.2 Å². The van der Waals surface area contributed by atoms with Crippen molar-refractivity contribution >= 4 is 28.3 Å². The van der Waals surface area contributed by atoms with Gasteiger partial charge >= 0.3 is 12.3 Å². The molecule has 0 heterocycles. The van der Waals surface area contributed by atoms with E-state index < -0.39 is 12.3 Å². The van der Waals surface area contributed by atoms with E-state index in [4.69, 9.17) is 21.1 Å². The number of fused-ring (bicyclic) bond motifs is 1. The van der Waals surface area contributed by atoms with Gasteiger partial charge in [0.05, 0.1) is 6.61 Å². The first-order chi connectivity index (χ1) is 13.8. The molecule has 0 unspecified atom stereocenters. The van der Waals surface area contributed by atoms with Crippen molar-refractivity contribution in [3.05, 3.63) is 70.7 Å². The summed E-state index contributed by atoms with van der Waals surface area (Å²) in [4.78, 5) is 12.3. The maximum absolute atomic E-state index is 12.3. The Labute approximate surface area is 169 Å². The highest BCUT2D eigenvalue weighted by Gasteiger charge is 2.31. The Morgan fingerprint density at radius 2 is 1.72 bits per heavy atom. The minimum Gasteiger partial charge on any atom is -0.487 e. The van der Waals surface area contributed by atoms with E-state index in [1.54, 1.807) is 37.3 Å². The third kappa shape index (κ3) is 5.32. The number of carbonyl (C=O) groups excluding carboxylic acids is 1. The average molecular weight is 425 g/mol. The van der Waals surface area contributed by atoms with Crippen LogP contribution in [0.3, 0.4) is 0 Å². The van der Waals surface area contributed by atoms with Gasteiger partial charge in [-0.2, -0.15) is 0 Å². The van der Waals surface area contributed by atoms with Gasteiger partial charge in [-0.15, -0.1) is 13.2 Å². The maximum atomic E-state index is 12.3. The van der Waals surface area contributed by atoms with Crippen molar-refractivity contribution in [2.75, 3.05) is 6.61 Å². The lowest BCUT2D eigenvalue weighted by atomic mass is 10.1. The summed E-state index contributed by atoms with van der Waals surface area (Å²) in [5.41, 5.74) is 0.826. The Hall–Kier alpha value is -2.93. The zero-order valence-corrected chi connectivity index (χ0v) is 16.0. The van der Waals surface area contributed by atoms with Gasteiger partial charge in [0.2, 0.25) is 0 Å². The van der Waals surface area contributed by atoms with Crippen LogP contribution in [0.1, 0.15) is 22.8 Å². The van der Waals surface area contributed by atoms with Gasteiger partial charge in [0, 0.05) is 10.4 Å². The summed E-state index contributed by atoms with van der Waals surface area (Å²) in [6.45, 7) is 1.91. The Morgan fingerprint density at radius 3 is 2.38 bits per heavy atom. The van der Waals surface area contributed by atoms with Gasteiger partial charge in [0.15, 0.2) is 0 Å². The third-order valence-electron chi connectivity index (χ3n) is 3.97. The predicted molar refractivity (Wildman–Crippen MR) is 102 cm³/mol. The molecule has 0 bridgehead atoms. The predicted octanol–water partition coefficient (Wildman–Crippen LogP) is 6.15. The summed E-state index contributed by atoms with van der Waals surface area (Å²) in [6, 6.07) is 13.8. The Kier molecular flexibility index (Phi) is 6.17. The van der Waals surface area contributed by atoms with E-state index >= 15 is 0 Å². The van der Waals surface area contributed by atoms with E-state index in [1.807, 2.05) is 0 Å². The molecule has 0 spiro atoms. The first kappa shape index (κ1) is 20.8. The highest BCUT2D eigenvalue weighted by molar-refractivity contribution is 6.31. The minimum atomic E-state index is -4.76. The fourth-order valence-electron chi connectivity index (χ4n) is 2.73. The van der Waals surface area contributed by atoms with E-state index in [0.29, 0.717) is 21.7 Å². The fourth-order valence-corrected chi connectivity index (χ4v) is 2.90. The van der Waals surface area contributed by atoms with Crippen LogP contribution >= 0.6 is 11.6 Å². The van der Waals surface area contributed by atoms with Crippen molar-refractivity contribution in [3.8, 4) is 11.5 Å². The van der Waals surface area contributed by atoms with Crippen LogP contribution in [-0.4, -0.2) is 18.9 Å². The summed E-state index contributed by atoms with van der Waals surface area (Å²) < 4.78 is 51.6. The number of hydrogen-bond acceptors (Lipinski definition) is 4. The van der Waals surface area contributed by atoms with Crippen molar-refractivity contribution in [2.45, 2.75) is 19.9 Å². The van der Waals surface area contributed by atoms with E-state index in [-0.39, 0.29) is 24.5 Å². The van der Waals surface area contributed by atoms with Crippen molar-refractivity contribution in [3.63, 3.8) is 0 Å². The molecule has 0 aliphatic carbocycles. The largest absolute Gasteiger partial charge is 0.573 e. The molecule has 0 aromatic heterocycles. The molecule has 0 N–H and O–H groups in total. The molecule has 0 aliphatic rings. The van der Waals surface area contributed by atoms with Gasteiger partial charge in [0.1, 0.15) is 23.7 Å². The molecule has 3 rings (SSSR count). The number of benzene rings is 3. The van der Waals surface area contributed by atoms with Gasteiger partial charge in [-0.1, -0.05) is 35.9 Å². The third-order valence-corrected chi connectivity index (χ3v) is 4.20. The normalized spacial score (nSPS) is 11.3. The molecule has 4 nitrogen and oxygen atoms in total. The minimum absolute atomic E-state index is 0.0182. The maximum Gasteiger partial charge on any atom is 0.573 e. The number of hydrogen-bond donors (Lipinski definition) is 0. The second kappa shape index (κ2) is 8.61. The molecule has 0 radical (unpaired) electrons. The van der Waals surface area contributed by atoms with Crippen molar-refractivity contribution in [1.82, 2.24) is 0 Å². The van der Waals surface area contributed by atoms with Gasteiger partial charge in [-0.05, 0) is 48.2 Å². The second-order valence-electron chi connectivity index (χ2n) is 6.01. The lowest BCUT2D eigenvalue weighted by Gasteiger charge is -2.15. The molecular formula is C21H16ClF3O4. The first-order valence-electron chi connectivity index (χ1n) is 8.63. The van der Waals surface area contributed by atoms with Crippen LogP contribution in [0.15, 0.2) is 54.6 Å². The lowest BCUT2D eigenvalue weighted by molar-refractivity contribution is -0.274. The number of carbonyl (C=O) groups is 1. The molecule has 3 aromatic carbocycles. The number of halogens is 4. The SMILES string of the molecule is CCOC(=O)c1ccc2ccc(Cl)cc2c1OCc1ccc(OC(F)(F)F)cc1. The van der Waals surface area contributed by atoms with Crippen molar-refractivity contribution in [2.24, 2.45) is 0 Å². The summed E-state index contributed by atoms with van der Waals surface area (Å²) in [6.07, 6.45) is -4.76. The standard InChI is InChI=1S/C21H16ClF3O4/c1-2-27-20(26)17-10-6-14-5-7-15(22)11-18(14)19(17)28-12-13-3-8-16(9-4-13)29-21(23,24)25/h3-11H,2,12H2,1H3. The quantitative estimate of drug-likeness (QED) is 0.445. The second-order valence-corrected chi connectivity index (χ2v) is 6.45. The van der Waals surface area contributed by atoms with Gasteiger partial charge in [-0.25, -0.2) is 4.79 Å². The molecule has 0 atom stereocenters. The number of esters is 1.